The summed E-state index contributed by atoms with van der Waals surface area (Å²) in [6.45, 7) is 2.84. The van der Waals surface area contributed by atoms with Crippen molar-refractivity contribution < 1.29 is 8.78 Å². The lowest BCUT2D eigenvalue weighted by molar-refractivity contribution is -0.0141. The third-order valence-corrected chi connectivity index (χ3v) is 3.56. The summed E-state index contributed by atoms with van der Waals surface area (Å²) in [6, 6.07) is 7.38. The molecule has 1 aromatic rings. The summed E-state index contributed by atoms with van der Waals surface area (Å²) in [6.07, 6.45) is 3.63. The van der Waals surface area contributed by atoms with Gasteiger partial charge in [-0.05, 0) is 37.4 Å². The van der Waals surface area contributed by atoms with Crippen LogP contribution in [0.2, 0.25) is 0 Å². The van der Waals surface area contributed by atoms with Gasteiger partial charge in [0.05, 0.1) is 0 Å². The second-order valence-corrected chi connectivity index (χ2v) is 5.15. The predicted octanol–water partition coefficient (Wildman–Crippen LogP) is 3.87. The number of halogens is 2. The van der Waals surface area contributed by atoms with Crippen LogP contribution in [0, 0.1) is 0 Å². The van der Waals surface area contributed by atoms with Crippen molar-refractivity contribution in [1.29, 1.82) is 0 Å². The summed E-state index contributed by atoms with van der Waals surface area (Å²) >= 11 is 0. The molecule has 18 heavy (non-hydrogen) atoms. The van der Waals surface area contributed by atoms with Crippen LogP contribution in [0.3, 0.4) is 0 Å². The monoisotopic (exact) mass is 253 g/mol. The van der Waals surface area contributed by atoms with Crippen LogP contribution in [0.25, 0.3) is 0 Å². The molecule has 1 nitrogen and oxygen atoms in total. The highest BCUT2D eigenvalue weighted by Gasteiger charge is 2.30. The molecule has 100 valence electrons. The number of hydrogen-bond acceptors (Lipinski definition) is 1. The lowest BCUT2D eigenvalue weighted by atomic mass is 9.98. The molecule has 1 fully saturated rings. The number of rotatable bonds is 5. The number of alkyl halides is 2. The molecule has 3 heteroatoms. The molecule has 0 bridgehead atoms. The van der Waals surface area contributed by atoms with Crippen molar-refractivity contribution in [3.8, 4) is 0 Å². The molecule has 1 N–H and O–H groups in total. The van der Waals surface area contributed by atoms with Crippen molar-refractivity contribution in [1.82, 2.24) is 5.32 Å². The Balaban J connectivity index is 2.08. The molecule has 1 atom stereocenters. The maximum atomic E-state index is 13.8. The number of benzene rings is 1. The largest absolute Gasteiger partial charge is 0.314 e. The third-order valence-electron chi connectivity index (χ3n) is 3.56. The number of nitrogens with one attached hydrogen (secondary N) is 1. The Morgan fingerprint density at radius 3 is 2.89 bits per heavy atom. The van der Waals surface area contributed by atoms with Crippen LogP contribution in [0.15, 0.2) is 24.3 Å². The fraction of sp³-hybridized carbons (Fsp3) is 0.600. The minimum absolute atomic E-state index is 0.0713. The molecule has 1 aliphatic rings. The summed E-state index contributed by atoms with van der Waals surface area (Å²) < 4.78 is 27.7. The quantitative estimate of drug-likeness (QED) is 0.840. The van der Waals surface area contributed by atoms with Gasteiger partial charge in [0.15, 0.2) is 0 Å². The summed E-state index contributed by atoms with van der Waals surface area (Å²) in [5, 5.41) is 3.40. The van der Waals surface area contributed by atoms with Gasteiger partial charge < -0.3 is 5.32 Å². The van der Waals surface area contributed by atoms with E-state index in [1.807, 2.05) is 6.07 Å². The molecule has 2 rings (SSSR count). The molecule has 0 aliphatic carbocycles. The van der Waals surface area contributed by atoms with Crippen molar-refractivity contribution in [3.63, 3.8) is 0 Å². The van der Waals surface area contributed by atoms with Gasteiger partial charge in [0, 0.05) is 18.0 Å². The van der Waals surface area contributed by atoms with Gasteiger partial charge in [0.1, 0.15) is 0 Å². The van der Waals surface area contributed by atoms with Crippen molar-refractivity contribution in [2.45, 2.75) is 51.0 Å². The summed E-state index contributed by atoms with van der Waals surface area (Å²) in [4.78, 5) is 0. The molecular weight excluding hydrogens is 232 g/mol. The van der Waals surface area contributed by atoms with Gasteiger partial charge >= 0.3 is 0 Å². The molecule has 0 aromatic heterocycles. The average Bonchev–Trinajstić information content (AvgIpc) is 2.82. The zero-order chi connectivity index (χ0) is 13.0. The van der Waals surface area contributed by atoms with Gasteiger partial charge in [-0.15, -0.1) is 0 Å². The van der Waals surface area contributed by atoms with Crippen LogP contribution in [0.1, 0.15) is 43.7 Å². The molecule has 0 amide bonds. The van der Waals surface area contributed by atoms with Crippen molar-refractivity contribution in [3.05, 3.63) is 35.4 Å². The maximum absolute atomic E-state index is 13.8. The van der Waals surface area contributed by atoms with Crippen LogP contribution < -0.4 is 5.32 Å². The highest BCUT2D eigenvalue weighted by Crippen LogP contribution is 2.33. The fourth-order valence-electron chi connectivity index (χ4n) is 2.60. The second kappa shape index (κ2) is 5.79. The van der Waals surface area contributed by atoms with Crippen LogP contribution in [0.4, 0.5) is 8.78 Å². The van der Waals surface area contributed by atoms with E-state index in [0.29, 0.717) is 12.5 Å². The minimum Gasteiger partial charge on any atom is -0.314 e. The average molecular weight is 253 g/mol. The van der Waals surface area contributed by atoms with E-state index < -0.39 is 5.92 Å². The molecular formula is C15H21F2N. The molecule has 1 aliphatic heterocycles. The Labute approximate surface area is 108 Å². The topological polar surface area (TPSA) is 12.0 Å². The third kappa shape index (κ3) is 3.29. The van der Waals surface area contributed by atoms with E-state index in [0.717, 1.165) is 24.9 Å². The summed E-state index contributed by atoms with van der Waals surface area (Å²) in [7, 11) is 0. The van der Waals surface area contributed by atoms with Gasteiger partial charge in [-0.25, -0.2) is 8.78 Å². The van der Waals surface area contributed by atoms with E-state index in [1.165, 1.54) is 6.42 Å². The molecule has 0 spiro atoms. The Kier molecular flexibility index (Phi) is 4.33. The van der Waals surface area contributed by atoms with Gasteiger partial charge in [0.2, 0.25) is 0 Å². The maximum Gasteiger partial charge on any atom is 0.273 e. The van der Waals surface area contributed by atoms with Crippen molar-refractivity contribution in [2.75, 3.05) is 6.54 Å². The van der Waals surface area contributed by atoms with Gasteiger partial charge in [0.25, 0.3) is 5.92 Å². The second-order valence-electron chi connectivity index (χ2n) is 5.15. The van der Waals surface area contributed by atoms with E-state index in [2.05, 4.69) is 5.32 Å². The molecule has 1 aromatic carbocycles. The van der Waals surface area contributed by atoms with Gasteiger partial charge in [-0.2, -0.15) is 0 Å². The Morgan fingerprint density at radius 2 is 2.22 bits per heavy atom. The SMILES string of the molecule is CCCC(F)(F)c1cccc(CC2CCCN2)c1. The highest BCUT2D eigenvalue weighted by atomic mass is 19.3. The van der Waals surface area contributed by atoms with E-state index in [9.17, 15) is 8.78 Å². The normalized spacial score (nSPS) is 20.3. The predicted molar refractivity (Wildman–Crippen MR) is 70.0 cm³/mol. The summed E-state index contributed by atoms with van der Waals surface area (Å²) in [5.74, 6) is -2.69. The zero-order valence-corrected chi connectivity index (χ0v) is 10.9. The lowest BCUT2D eigenvalue weighted by Gasteiger charge is -2.17. The highest BCUT2D eigenvalue weighted by molar-refractivity contribution is 5.27. The standard InChI is InChI=1S/C15H21F2N/c1-2-8-15(16,17)13-6-3-5-12(10-13)11-14-7-4-9-18-14/h3,5-6,10,14,18H,2,4,7-9,11H2,1H3. The van der Waals surface area contributed by atoms with E-state index >= 15 is 0 Å². The lowest BCUT2D eigenvalue weighted by Crippen LogP contribution is -2.23. The zero-order valence-electron chi connectivity index (χ0n) is 10.9. The van der Waals surface area contributed by atoms with E-state index in [4.69, 9.17) is 0 Å². The molecule has 1 heterocycles. The molecule has 1 unspecified atom stereocenters. The van der Waals surface area contributed by atoms with E-state index in [-0.39, 0.29) is 12.0 Å². The van der Waals surface area contributed by atoms with Crippen molar-refractivity contribution in [2.24, 2.45) is 0 Å². The van der Waals surface area contributed by atoms with Gasteiger partial charge in [-0.3, -0.25) is 0 Å². The Hall–Kier alpha value is -0.960. The smallest absolute Gasteiger partial charge is 0.273 e. The molecule has 0 saturated carbocycles. The first-order valence-corrected chi connectivity index (χ1v) is 6.82. The Morgan fingerprint density at radius 1 is 1.39 bits per heavy atom. The van der Waals surface area contributed by atoms with E-state index in [1.54, 1.807) is 25.1 Å². The van der Waals surface area contributed by atoms with Gasteiger partial charge in [-0.1, -0.05) is 31.5 Å². The fourth-order valence-corrected chi connectivity index (χ4v) is 2.60. The van der Waals surface area contributed by atoms with Crippen LogP contribution >= 0.6 is 0 Å². The van der Waals surface area contributed by atoms with Crippen LogP contribution in [-0.4, -0.2) is 12.6 Å². The first-order valence-electron chi connectivity index (χ1n) is 6.82. The first kappa shape index (κ1) is 13.5. The van der Waals surface area contributed by atoms with Crippen molar-refractivity contribution >= 4 is 0 Å². The Bertz CT molecular complexity index is 384. The van der Waals surface area contributed by atoms with Crippen LogP contribution in [-0.2, 0) is 12.3 Å². The molecule has 0 radical (unpaired) electrons. The molecule has 1 saturated heterocycles. The number of hydrogen-bond donors (Lipinski definition) is 1. The van der Waals surface area contributed by atoms with Crippen LogP contribution in [0.5, 0.6) is 0 Å². The minimum atomic E-state index is -2.69. The summed E-state index contributed by atoms with van der Waals surface area (Å²) in [5.41, 5.74) is 1.18. The first-order chi connectivity index (χ1) is 8.62.